The Hall–Kier alpha value is -3.30. The van der Waals surface area contributed by atoms with Crippen molar-refractivity contribution in [3.63, 3.8) is 0 Å². The second kappa shape index (κ2) is 8.33. The van der Waals surface area contributed by atoms with Crippen LogP contribution in [0.25, 0.3) is 5.69 Å². The van der Waals surface area contributed by atoms with Gasteiger partial charge >= 0.3 is 6.03 Å². The van der Waals surface area contributed by atoms with Crippen molar-refractivity contribution in [2.45, 2.75) is 58.4 Å². The zero-order chi connectivity index (χ0) is 22.9. The van der Waals surface area contributed by atoms with Gasteiger partial charge in [0.05, 0.1) is 5.69 Å². The molecule has 1 aromatic carbocycles. The zero-order valence-electron chi connectivity index (χ0n) is 18.7. The van der Waals surface area contributed by atoms with Gasteiger partial charge in [-0.25, -0.2) is 9.48 Å². The van der Waals surface area contributed by atoms with Crippen molar-refractivity contribution in [1.82, 2.24) is 30.4 Å². The van der Waals surface area contributed by atoms with E-state index in [4.69, 9.17) is 0 Å². The second-order valence-corrected chi connectivity index (χ2v) is 9.37. The van der Waals surface area contributed by atoms with Crippen LogP contribution in [0.5, 0.6) is 0 Å². The molecule has 10 heteroatoms. The molecule has 2 aromatic rings. The van der Waals surface area contributed by atoms with Gasteiger partial charge in [0, 0.05) is 5.69 Å². The second-order valence-electron chi connectivity index (χ2n) is 9.37. The van der Waals surface area contributed by atoms with Gasteiger partial charge in [-0.1, -0.05) is 27.2 Å². The molecule has 1 aliphatic heterocycles. The standard InChI is InChI=1S/C22H29N7O3/c1-4-21(2,3)15-9-11-22(12-10-15)19(31)28(20(32)25-22)13-18(30)24-16-5-7-17(8-6-16)29-14-23-26-27-29/h5-8,14-15H,4,9-13H2,1-3H3,(H,24,30)(H,25,32). The van der Waals surface area contributed by atoms with Crippen molar-refractivity contribution in [1.29, 1.82) is 0 Å². The predicted molar refractivity (Wildman–Crippen MR) is 117 cm³/mol. The number of hydrogen-bond donors (Lipinski definition) is 2. The molecule has 2 fully saturated rings. The number of amides is 4. The lowest BCUT2D eigenvalue weighted by Crippen LogP contribution is -2.51. The van der Waals surface area contributed by atoms with Gasteiger partial charge < -0.3 is 10.6 Å². The molecule has 2 N–H and O–H groups in total. The van der Waals surface area contributed by atoms with Gasteiger partial charge in [0.2, 0.25) is 5.91 Å². The highest BCUT2D eigenvalue weighted by Crippen LogP contribution is 2.45. The highest BCUT2D eigenvalue weighted by atomic mass is 16.2. The number of carbonyl (C=O) groups excluding carboxylic acids is 3. The molecule has 2 heterocycles. The maximum Gasteiger partial charge on any atom is 0.325 e. The minimum Gasteiger partial charge on any atom is -0.325 e. The van der Waals surface area contributed by atoms with E-state index in [1.54, 1.807) is 24.3 Å². The lowest BCUT2D eigenvalue weighted by Gasteiger charge is -2.42. The number of imide groups is 1. The molecular formula is C22H29N7O3. The third-order valence-corrected chi connectivity index (χ3v) is 7.17. The Morgan fingerprint density at radius 3 is 2.50 bits per heavy atom. The Morgan fingerprint density at radius 2 is 1.91 bits per heavy atom. The third kappa shape index (κ3) is 4.09. The fraction of sp³-hybridized carbons (Fsp3) is 0.545. The molecular weight excluding hydrogens is 410 g/mol. The molecule has 1 spiro atoms. The molecule has 32 heavy (non-hydrogen) atoms. The van der Waals surface area contributed by atoms with Crippen LogP contribution in [0.15, 0.2) is 30.6 Å². The molecule has 0 unspecified atom stereocenters. The summed E-state index contributed by atoms with van der Waals surface area (Å²) < 4.78 is 1.49. The van der Waals surface area contributed by atoms with Crippen LogP contribution in [-0.2, 0) is 9.59 Å². The minimum absolute atomic E-state index is 0.215. The summed E-state index contributed by atoms with van der Waals surface area (Å²) in [6, 6.07) is 6.43. The predicted octanol–water partition coefficient (Wildman–Crippen LogP) is 2.52. The molecule has 1 saturated carbocycles. The average molecular weight is 440 g/mol. The summed E-state index contributed by atoms with van der Waals surface area (Å²) in [5, 5.41) is 16.6. The van der Waals surface area contributed by atoms with Gasteiger partial charge in [0.15, 0.2) is 0 Å². The number of hydrogen-bond acceptors (Lipinski definition) is 6. The first kappa shape index (κ1) is 21.9. The quantitative estimate of drug-likeness (QED) is 0.667. The first-order chi connectivity index (χ1) is 15.2. The maximum atomic E-state index is 13.1. The van der Waals surface area contributed by atoms with Crippen LogP contribution >= 0.6 is 0 Å². The van der Waals surface area contributed by atoms with Crippen molar-refractivity contribution in [3.05, 3.63) is 30.6 Å². The Balaban J connectivity index is 1.36. The average Bonchev–Trinajstić information content (AvgIpc) is 3.39. The number of urea groups is 1. The van der Waals surface area contributed by atoms with E-state index < -0.39 is 17.5 Å². The largest absolute Gasteiger partial charge is 0.325 e. The van der Waals surface area contributed by atoms with E-state index in [0.29, 0.717) is 24.4 Å². The van der Waals surface area contributed by atoms with E-state index in [2.05, 4.69) is 46.9 Å². The number of aromatic nitrogens is 4. The number of anilines is 1. The van der Waals surface area contributed by atoms with E-state index in [1.165, 1.54) is 11.0 Å². The summed E-state index contributed by atoms with van der Waals surface area (Å²) in [6.07, 6.45) is 5.55. The van der Waals surface area contributed by atoms with Gasteiger partial charge in [-0.05, 0) is 71.7 Å². The summed E-state index contributed by atoms with van der Waals surface area (Å²) in [4.78, 5) is 39.3. The highest BCUT2D eigenvalue weighted by Gasteiger charge is 2.53. The summed E-state index contributed by atoms with van der Waals surface area (Å²) >= 11 is 0. The lowest BCUT2D eigenvalue weighted by molar-refractivity contribution is -0.135. The van der Waals surface area contributed by atoms with Gasteiger partial charge in [-0.3, -0.25) is 14.5 Å². The number of nitrogens with one attached hydrogen (secondary N) is 2. The Bertz CT molecular complexity index is 993. The smallest absolute Gasteiger partial charge is 0.325 e. The summed E-state index contributed by atoms with van der Waals surface area (Å²) in [5.74, 6) is -0.197. The molecule has 1 aliphatic carbocycles. The van der Waals surface area contributed by atoms with Gasteiger partial charge in [0.25, 0.3) is 5.91 Å². The Morgan fingerprint density at radius 1 is 1.22 bits per heavy atom. The normalized spacial score (nSPS) is 23.5. The van der Waals surface area contributed by atoms with Crippen LogP contribution in [-0.4, -0.2) is 55.0 Å². The van der Waals surface area contributed by atoms with E-state index in [9.17, 15) is 14.4 Å². The van der Waals surface area contributed by atoms with E-state index in [0.717, 1.165) is 29.8 Å². The minimum atomic E-state index is -0.870. The van der Waals surface area contributed by atoms with Crippen LogP contribution in [0.3, 0.4) is 0 Å². The van der Waals surface area contributed by atoms with Gasteiger partial charge in [0.1, 0.15) is 18.4 Å². The fourth-order valence-electron chi connectivity index (χ4n) is 4.66. The summed E-state index contributed by atoms with van der Waals surface area (Å²) in [5.41, 5.74) is 0.639. The van der Waals surface area contributed by atoms with Crippen molar-refractivity contribution < 1.29 is 14.4 Å². The number of rotatable bonds is 6. The van der Waals surface area contributed by atoms with E-state index in [-0.39, 0.29) is 17.9 Å². The van der Waals surface area contributed by atoms with Crippen molar-refractivity contribution in [2.75, 3.05) is 11.9 Å². The lowest BCUT2D eigenvalue weighted by atomic mass is 9.65. The first-order valence-corrected chi connectivity index (χ1v) is 11.0. The van der Waals surface area contributed by atoms with Crippen LogP contribution in [0.1, 0.15) is 52.9 Å². The molecule has 0 bridgehead atoms. The summed E-state index contributed by atoms with van der Waals surface area (Å²) in [6.45, 7) is 6.39. The monoisotopic (exact) mass is 439 g/mol. The van der Waals surface area contributed by atoms with Gasteiger partial charge in [-0.15, -0.1) is 5.10 Å². The Kier molecular flexibility index (Phi) is 5.70. The number of nitrogens with zero attached hydrogens (tertiary/aromatic N) is 5. The molecule has 10 nitrogen and oxygen atoms in total. The Labute approximate surface area is 186 Å². The molecule has 1 aromatic heterocycles. The molecule has 2 aliphatic rings. The highest BCUT2D eigenvalue weighted by molar-refractivity contribution is 6.10. The van der Waals surface area contributed by atoms with Crippen LogP contribution in [0, 0.1) is 11.3 Å². The fourth-order valence-corrected chi connectivity index (χ4v) is 4.66. The van der Waals surface area contributed by atoms with E-state index >= 15 is 0 Å². The number of benzene rings is 1. The molecule has 0 radical (unpaired) electrons. The number of tetrazole rings is 1. The molecule has 0 atom stereocenters. The topological polar surface area (TPSA) is 122 Å². The van der Waals surface area contributed by atoms with Crippen LogP contribution in [0.2, 0.25) is 0 Å². The molecule has 4 rings (SSSR count). The maximum absolute atomic E-state index is 13.1. The van der Waals surface area contributed by atoms with Crippen LogP contribution in [0.4, 0.5) is 10.5 Å². The zero-order valence-corrected chi connectivity index (χ0v) is 18.7. The third-order valence-electron chi connectivity index (χ3n) is 7.17. The molecule has 4 amide bonds. The summed E-state index contributed by atoms with van der Waals surface area (Å²) in [7, 11) is 0. The van der Waals surface area contributed by atoms with Crippen molar-refractivity contribution in [2.24, 2.45) is 11.3 Å². The van der Waals surface area contributed by atoms with Crippen molar-refractivity contribution in [3.8, 4) is 5.69 Å². The van der Waals surface area contributed by atoms with Gasteiger partial charge in [-0.2, -0.15) is 0 Å². The van der Waals surface area contributed by atoms with Crippen LogP contribution < -0.4 is 10.6 Å². The number of carbonyl (C=O) groups is 3. The van der Waals surface area contributed by atoms with Crippen molar-refractivity contribution >= 4 is 23.5 Å². The SMILES string of the molecule is CCC(C)(C)C1CCC2(CC1)NC(=O)N(CC(=O)Nc1ccc(-n3cnnn3)cc1)C2=O. The molecule has 1 saturated heterocycles. The van der Waals surface area contributed by atoms with E-state index in [1.807, 2.05) is 0 Å². The first-order valence-electron chi connectivity index (χ1n) is 11.0. The molecule has 170 valence electrons.